The topological polar surface area (TPSA) is 89.0 Å². The van der Waals surface area contributed by atoms with E-state index in [1.165, 1.54) is 0 Å². The third-order valence-corrected chi connectivity index (χ3v) is 5.52. The second-order valence-electron chi connectivity index (χ2n) is 7.76. The molecule has 2 fully saturated rings. The number of nitrogens with zero attached hydrogens (tertiary/aromatic N) is 6. The number of hydrogen-bond donors (Lipinski definition) is 2. The normalized spacial score (nSPS) is 17.6. The number of nitrogens with one attached hydrogen (secondary N) is 2. The van der Waals surface area contributed by atoms with E-state index in [0.29, 0.717) is 12.3 Å². The van der Waals surface area contributed by atoms with Crippen LogP contribution in [0.2, 0.25) is 0 Å². The standard InChI is InChI=1S/C21H36N8O.HI/c1-2-22-20(24-11-6-14-28-13-3-7-19(28)30)23-10-5-12-27-15-17-29(18-16-27)21-25-8-4-9-26-21;/h4,8-9H,2-3,5-7,10-18H2,1H3,(H2,22,23,24);1H. The number of anilines is 1. The molecule has 0 saturated carbocycles. The molecule has 31 heavy (non-hydrogen) atoms. The summed E-state index contributed by atoms with van der Waals surface area (Å²) in [5.74, 6) is 2.00. The number of hydrogen-bond acceptors (Lipinski definition) is 6. The predicted octanol–water partition coefficient (Wildman–Crippen LogP) is 1.17. The molecule has 1 amide bonds. The van der Waals surface area contributed by atoms with E-state index in [9.17, 15) is 4.79 Å². The summed E-state index contributed by atoms with van der Waals surface area (Å²) in [7, 11) is 0. The van der Waals surface area contributed by atoms with Gasteiger partial charge in [0.05, 0.1) is 0 Å². The maximum absolute atomic E-state index is 11.7. The molecule has 2 saturated heterocycles. The number of carbonyl (C=O) groups is 1. The fourth-order valence-electron chi connectivity index (χ4n) is 3.87. The van der Waals surface area contributed by atoms with Gasteiger partial charge in [-0.3, -0.25) is 14.7 Å². The molecule has 0 atom stereocenters. The van der Waals surface area contributed by atoms with E-state index >= 15 is 0 Å². The van der Waals surface area contributed by atoms with Crippen molar-refractivity contribution < 1.29 is 4.79 Å². The first-order chi connectivity index (χ1) is 14.8. The van der Waals surface area contributed by atoms with Crippen molar-refractivity contribution in [3.05, 3.63) is 18.5 Å². The van der Waals surface area contributed by atoms with E-state index in [2.05, 4.69) is 42.3 Å². The lowest BCUT2D eigenvalue weighted by Gasteiger charge is -2.34. The summed E-state index contributed by atoms with van der Waals surface area (Å²) >= 11 is 0. The Bertz CT molecular complexity index is 667. The van der Waals surface area contributed by atoms with Gasteiger partial charge >= 0.3 is 0 Å². The number of piperazine rings is 1. The Morgan fingerprint density at radius 3 is 2.52 bits per heavy atom. The highest BCUT2D eigenvalue weighted by Gasteiger charge is 2.19. The predicted molar refractivity (Wildman–Crippen MR) is 135 cm³/mol. The number of likely N-dealkylation sites (tertiary alicyclic amines) is 1. The number of halogens is 1. The maximum atomic E-state index is 11.7. The third-order valence-electron chi connectivity index (χ3n) is 5.52. The zero-order valence-corrected chi connectivity index (χ0v) is 21.0. The van der Waals surface area contributed by atoms with Crippen molar-refractivity contribution in [1.82, 2.24) is 30.4 Å². The summed E-state index contributed by atoms with van der Waals surface area (Å²) in [5.41, 5.74) is 0. The van der Waals surface area contributed by atoms with Gasteiger partial charge in [-0.15, -0.1) is 24.0 Å². The van der Waals surface area contributed by atoms with E-state index in [-0.39, 0.29) is 24.0 Å². The Hall–Kier alpha value is -1.69. The van der Waals surface area contributed by atoms with Crippen molar-refractivity contribution in [2.75, 3.05) is 70.3 Å². The van der Waals surface area contributed by atoms with E-state index < -0.39 is 0 Å². The molecule has 0 aliphatic carbocycles. The minimum Gasteiger partial charge on any atom is -0.357 e. The second kappa shape index (κ2) is 14.4. The Kier molecular flexibility index (Phi) is 11.9. The number of aliphatic imine (C=N–C) groups is 1. The average Bonchev–Trinajstić information content (AvgIpc) is 3.19. The van der Waals surface area contributed by atoms with E-state index in [0.717, 1.165) is 96.6 Å². The van der Waals surface area contributed by atoms with Gasteiger partial charge in [0.25, 0.3) is 0 Å². The van der Waals surface area contributed by atoms with Crippen LogP contribution in [0.5, 0.6) is 0 Å². The van der Waals surface area contributed by atoms with Crippen LogP contribution in [-0.4, -0.2) is 97.1 Å². The number of carbonyl (C=O) groups excluding carboxylic acids is 1. The lowest BCUT2D eigenvalue weighted by Crippen LogP contribution is -2.47. The first-order valence-corrected chi connectivity index (χ1v) is 11.3. The molecule has 0 radical (unpaired) electrons. The number of guanidine groups is 1. The van der Waals surface area contributed by atoms with Crippen molar-refractivity contribution in [3.63, 3.8) is 0 Å². The van der Waals surface area contributed by atoms with E-state index in [1.807, 2.05) is 11.0 Å². The molecule has 0 bridgehead atoms. The molecule has 174 valence electrons. The molecule has 2 aliphatic heterocycles. The van der Waals surface area contributed by atoms with Crippen LogP contribution in [-0.2, 0) is 4.79 Å². The van der Waals surface area contributed by atoms with Gasteiger partial charge in [0.1, 0.15) is 0 Å². The first kappa shape index (κ1) is 25.6. The van der Waals surface area contributed by atoms with Crippen LogP contribution in [0.3, 0.4) is 0 Å². The van der Waals surface area contributed by atoms with Gasteiger partial charge in [-0.1, -0.05) is 0 Å². The summed E-state index contributed by atoms with van der Waals surface area (Å²) in [5, 5.41) is 6.74. The number of amides is 1. The van der Waals surface area contributed by atoms with Crippen LogP contribution >= 0.6 is 24.0 Å². The van der Waals surface area contributed by atoms with Gasteiger partial charge in [0.15, 0.2) is 5.96 Å². The highest BCUT2D eigenvalue weighted by molar-refractivity contribution is 14.0. The molecule has 3 rings (SSSR count). The molecule has 9 nitrogen and oxygen atoms in total. The number of rotatable bonds is 10. The molecule has 0 spiro atoms. The van der Waals surface area contributed by atoms with E-state index in [1.54, 1.807) is 12.4 Å². The van der Waals surface area contributed by atoms with Gasteiger partial charge in [-0.05, 0) is 38.8 Å². The summed E-state index contributed by atoms with van der Waals surface area (Å²) in [6.07, 6.45) is 7.31. The molecule has 10 heteroatoms. The minimum atomic E-state index is 0. The third kappa shape index (κ3) is 8.76. The maximum Gasteiger partial charge on any atom is 0.225 e. The van der Waals surface area contributed by atoms with Gasteiger partial charge in [0.2, 0.25) is 11.9 Å². The van der Waals surface area contributed by atoms with Crippen LogP contribution in [0, 0.1) is 0 Å². The second-order valence-corrected chi connectivity index (χ2v) is 7.76. The summed E-state index contributed by atoms with van der Waals surface area (Å²) in [4.78, 5) is 31.7. The van der Waals surface area contributed by atoms with Crippen molar-refractivity contribution in [2.45, 2.75) is 32.6 Å². The molecular weight excluding hydrogens is 507 g/mol. The molecule has 0 unspecified atom stereocenters. The lowest BCUT2D eigenvalue weighted by molar-refractivity contribution is -0.127. The van der Waals surface area contributed by atoms with Crippen LogP contribution in [0.15, 0.2) is 23.5 Å². The van der Waals surface area contributed by atoms with Crippen molar-refractivity contribution in [1.29, 1.82) is 0 Å². The van der Waals surface area contributed by atoms with Crippen LogP contribution in [0.1, 0.15) is 32.6 Å². The largest absolute Gasteiger partial charge is 0.357 e. The molecule has 0 aromatic carbocycles. The monoisotopic (exact) mass is 544 g/mol. The first-order valence-electron chi connectivity index (χ1n) is 11.3. The molecule has 2 aliphatic rings. The smallest absolute Gasteiger partial charge is 0.225 e. The molecule has 1 aromatic rings. The number of aromatic nitrogens is 2. The average molecular weight is 544 g/mol. The fraction of sp³-hybridized carbons (Fsp3) is 0.714. The van der Waals surface area contributed by atoms with E-state index in [4.69, 9.17) is 0 Å². The summed E-state index contributed by atoms with van der Waals surface area (Å²) < 4.78 is 0. The van der Waals surface area contributed by atoms with Gasteiger partial charge in [-0.2, -0.15) is 0 Å². The van der Waals surface area contributed by atoms with Crippen LogP contribution < -0.4 is 15.5 Å². The van der Waals surface area contributed by atoms with Gasteiger partial charge < -0.3 is 20.4 Å². The van der Waals surface area contributed by atoms with Crippen LogP contribution in [0.4, 0.5) is 5.95 Å². The van der Waals surface area contributed by atoms with Crippen molar-refractivity contribution in [2.24, 2.45) is 4.99 Å². The lowest BCUT2D eigenvalue weighted by atomic mass is 10.3. The Morgan fingerprint density at radius 2 is 1.84 bits per heavy atom. The Balaban J connectivity index is 0.00000341. The van der Waals surface area contributed by atoms with Crippen molar-refractivity contribution in [3.8, 4) is 0 Å². The summed E-state index contributed by atoms with van der Waals surface area (Å²) in [6.45, 7) is 11.4. The molecule has 1 aromatic heterocycles. The Morgan fingerprint density at radius 1 is 1.06 bits per heavy atom. The SMILES string of the molecule is CCNC(=NCCCN1CCCC1=O)NCCCN1CCN(c2ncccn2)CC1.I. The zero-order chi connectivity index (χ0) is 21.0. The summed E-state index contributed by atoms with van der Waals surface area (Å²) in [6, 6.07) is 1.85. The minimum absolute atomic E-state index is 0. The molecule has 3 heterocycles. The highest BCUT2D eigenvalue weighted by atomic mass is 127. The molecule has 2 N–H and O–H groups in total. The van der Waals surface area contributed by atoms with Crippen molar-refractivity contribution >= 4 is 41.8 Å². The highest BCUT2D eigenvalue weighted by Crippen LogP contribution is 2.10. The quantitative estimate of drug-likeness (QED) is 0.198. The van der Waals surface area contributed by atoms with Gasteiger partial charge in [-0.25, -0.2) is 9.97 Å². The zero-order valence-electron chi connectivity index (χ0n) is 18.6. The molecular formula is C21H37IN8O. The fourth-order valence-corrected chi connectivity index (χ4v) is 3.87. The van der Waals surface area contributed by atoms with Crippen LogP contribution in [0.25, 0.3) is 0 Å². The van der Waals surface area contributed by atoms with Gasteiger partial charge in [0, 0.05) is 77.7 Å². The Labute approximate surface area is 203 Å².